The molecule has 2 rings (SSSR count). The molecule has 2 aromatic carbocycles. The minimum absolute atomic E-state index is 0.373. The number of benzene rings is 2. The minimum atomic E-state index is -4.74. The van der Waals surface area contributed by atoms with Gasteiger partial charge in [0.2, 0.25) is 0 Å². The van der Waals surface area contributed by atoms with Gasteiger partial charge in [-0.05, 0) is 24.3 Å². The van der Waals surface area contributed by atoms with E-state index in [1.165, 1.54) is 0 Å². The van der Waals surface area contributed by atoms with Crippen molar-refractivity contribution in [2.24, 2.45) is 0 Å². The summed E-state index contributed by atoms with van der Waals surface area (Å²) in [7, 11) is 0. The molecule has 0 bridgehead atoms. The Kier molecular flexibility index (Phi) is 5.62. The molecule has 3 nitrogen and oxygen atoms in total. The Labute approximate surface area is 152 Å². The van der Waals surface area contributed by atoms with Crippen LogP contribution in [0.4, 0.5) is 42.5 Å². The molecule has 0 saturated heterocycles. The second-order valence-corrected chi connectivity index (χ2v) is 5.66. The zero-order chi connectivity index (χ0) is 19.7. The third kappa shape index (κ3) is 4.53. The SMILES string of the molecule is O=C(Nc1cccc(C(F)(F)F)c1Cl)Nc1cccc(C(F)(F)F)c1Cl. The van der Waals surface area contributed by atoms with Gasteiger partial charge in [0.1, 0.15) is 0 Å². The number of carbonyl (C=O) groups is 1. The summed E-state index contributed by atoms with van der Waals surface area (Å²) in [5.41, 5.74) is -3.09. The molecule has 0 aliphatic rings. The van der Waals surface area contributed by atoms with Gasteiger partial charge in [-0.25, -0.2) is 4.79 Å². The van der Waals surface area contributed by atoms with Crippen LogP contribution < -0.4 is 10.6 Å². The van der Waals surface area contributed by atoms with E-state index in [0.717, 1.165) is 36.4 Å². The summed E-state index contributed by atoms with van der Waals surface area (Å²) in [4.78, 5) is 11.9. The lowest BCUT2D eigenvalue weighted by molar-refractivity contribution is -0.138. The van der Waals surface area contributed by atoms with Crippen molar-refractivity contribution in [3.63, 3.8) is 0 Å². The lowest BCUT2D eigenvalue weighted by atomic mass is 10.2. The largest absolute Gasteiger partial charge is 0.417 e. The number of anilines is 2. The Bertz CT molecular complexity index is 768. The lowest BCUT2D eigenvalue weighted by Gasteiger charge is -2.15. The van der Waals surface area contributed by atoms with Crippen molar-refractivity contribution in [3.8, 4) is 0 Å². The fraction of sp³-hybridized carbons (Fsp3) is 0.133. The van der Waals surface area contributed by atoms with Crippen LogP contribution in [-0.2, 0) is 12.4 Å². The number of nitrogens with one attached hydrogen (secondary N) is 2. The standard InChI is InChI=1S/C15H8Cl2F6N2O/c16-11-7(14(18,19)20)3-1-5-9(11)24-13(26)25-10-6-2-4-8(12(10)17)15(21,22)23/h1-6H,(H2,24,25,26). The molecule has 0 heterocycles. The molecule has 0 saturated carbocycles. The molecule has 0 atom stereocenters. The second-order valence-electron chi connectivity index (χ2n) is 4.91. The minimum Gasteiger partial charge on any atom is -0.306 e. The quantitative estimate of drug-likeness (QED) is 0.527. The van der Waals surface area contributed by atoms with E-state index in [-0.39, 0.29) is 11.4 Å². The fourth-order valence-electron chi connectivity index (χ4n) is 1.97. The van der Waals surface area contributed by atoms with Crippen molar-refractivity contribution in [2.75, 3.05) is 10.6 Å². The van der Waals surface area contributed by atoms with Crippen LogP contribution in [0.5, 0.6) is 0 Å². The van der Waals surface area contributed by atoms with Crippen LogP contribution in [0.3, 0.4) is 0 Å². The first-order valence-electron chi connectivity index (χ1n) is 6.70. The average Bonchev–Trinajstić information content (AvgIpc) is 2.49. The van der Waals surface area contributed by atoms with Gasteiger partial charge in [0.15, 0.2) is 0 Å². The van der Waals surface area contributed by atoms with E-state index in [9.17, 15) is 31.1 Å². The second kappa shape index (κ2) is 7.24. The average molecular weight is 417 g/mol. The van der Waals surface area contributed by atoms with Crippen molar-refractivity contribution in [1.29, 1.82) is 0 Å². The van der Waals surface area contributed by atoms with Crippen LogP contribution in [0.2, 0.25) is 10.0 Å². The third-order valence-corrected chi connectivity index (χ3v) is 3.92. The zero-order valence-electron chi connectivity index (χ0n) is 12.4. The summed E-state index contributed by atoms with van der Waals surface area (Å²) in [5.74, 6) is 0. The monoisotopic (exact) mass is 416 g/mol. The van der Waals surface area contributed by atoms with E-state index < -0.39 is 39.6 Å². The first-order chi connectivity index (χ1) is 11.9. The topological polar surface area (TPSA) is 41.1 Å². The Balaban J connectivity index is 2.24. The van der Waals surface area contributed by atoms with E-state index in [2.05, 4.69) is 0 Å². The molecule has 0 aromatic heterocycles. The number of alkyl halides is 6. The zero-order valence-corrected chi connectivity index (χ0v) is 13.9. The molecule has 2 aromatic rings. The maximum atomic E-state index is 12.8. The molecular weight excluding hydrogens is 409 g/mol. The van der Waals surface area contributed by atoms with Gasteiger partial charge in [-0.1, -0.05) is 35.3 Å². The summed E-state index contributed by atoms with van der Waals surface area (Å²) in [6, 6.07) is 4.55. The Morgan fingerprint density at radius 3 is 1.38 bits per heavy atom. The number of halogens is 8. The van der Waals surface area contributed by atoms with E-state index in [0.29, 0.717) is 0 Å². The van der Waals surface area contributed by atoms with E-state index in [1.54, 1.807) is 0 Å². The normalized spacial score (nSPS) is 12.0. The molecule has 2 N–H and O–H groups in total. The number of amides is 2. The molecule has 26 heavy (non-hydrogen) atoms. The summed E-state index contributed by atoms with van der Waals surface area (Å²) >= 11 is 11.2. The summed E-state index contributed by atoms with van der Waals surface area (Å²) in [5, 5.41) is 2.55. The van der Waals surface area contributed by atoms with E-state index >= 15 is 0 Å². The smallest absolute Gasteiger partial charge is 0.306 e. The molecule has 0 aliphatic heterocycles. The predicted molar refractivity (Wildman–Crippen MR) is 85.5 cm³/mol. The molecule has 0 unspecified atom stereocenters. The van der Waals surface area contributed by atoms with Gasteiger partial charge in [-0.15, -0.1) is 0 Å². The molecular formula is C15H8Cl2F6N2O. The van der Waals surface area contributed by atoms with E-state index in [1.807, 2.05) is 10.6 Å². The highest BCUT2D eigenvalue weighted by atomic mass is 35.5. The van der Waals surface area contributed by atoms with Gasteiger partial charge in [-0.3, -0.25) is 0 Å². The number of hydrogen-bond donors (Lipinski definition) is 2. The number of urea groups is 1. The molecule has 0 spiro atoms. The lowest BCUT2D eigenvalue weighted by Crippen LogP contribution is -2.21. The highest BCUT2D eigenvalue weighted by molar-refractivity contribution is 6.35. The van der Waals surface area contributed by atoms with Gasteiger partial charge in [0, 0.05) is 0 Å². The first-order valence-corrected chi connectivity index (χ1v) is 7.46. The maximum absolute atomic E-state index is 12.8. The van der Waals surface area contributed by atoms with Crippen molar-refractivity contribution >= 4 is 40.6 Å². The Morgan fingerprint density at radius 2 is 1.08 bits per heavy atom. The third-order valence-electron chi connectivity index (χ3n) is 3.10. The van der Waals surface area contributed by atoms with Gasteiger partial charge in [0.05, 0.1) is 32.5 Å². The van der Waals surface area contributed by atoms with E-state index in [4.69, 9.17) is 23.2 Å². The van der Waals surface area contributed by atoms with Gasteiger partial charge in [0.25, 0.3) is 0 Å². The summed E-state index contributed by atoms with van der Waals surface area (Å²) < 4.78 is 76.7. The Morgan fingerprint density at radius 1 is 0.731 bits per heavy atom. The number of carbonyl (C=O) groups excluding carboxylic acids is 1. The van der Waals surface area contributed by atoms with Crippen LogP contribution in [0.15, 0.2) is 36.4 Å². The van der Waals surface area contributed by atoms with Crippen LogP contribution in [0.25, 0.3) is 0 Å². The van der Waals surface area contributed by atoms with Crippen molar-refractivity contribution in [3.05, 3.63) is 57.6 Å². The van der Waals surface area contributed by atoms with Crippen LogP contribution in [-0.4, -0.2) is 6.03 Å². The molecule has 11 heteroatoms. The fourth-order valence-corrected chi connectivity index (χ4v) is 2.53. The predicted octanol–water partition coefficient (Wildman–Crippen LogP) is 6.68. The molecule has 0 radical (unpaired) electrons. The summed E-state index contributed by atoms with van der Waals surface area (Å²) in [6.45, 7) is 0. The van der Waals surface area contributed by atoms with Crippen LogP contribution >= 0.6 is 23.2 Å². The number of rotatable bonds is 2. The van der Waals surface area contributed by atoms with Crippen molar-refractivity contribution in [1.82, 2.24) is 0 Å². The maximum Gasteiger partial charge on any atom is 0.417 e. The highest BCUT2D eigenvalue weighted by Gasteiger charge is 2.35. The van der Waals surface area contributed by atoms with Crippen LogP contribution in [0.1, 0.15) is 11.1 Å². The molecule has 0 aliphatic carbocycles. The van der Waals surface area contributed by atoms with Crippen molar-refractivity contribution in [2.45, 2.75) is 12.4 Å². The molecule has 2 amide bonds. The van der Waals surface area contributed by atoms with Gasteiger partial charge < -0.3 is 10.6 Å². The van der Waals surface area contributed by atoms with Gasteiger partial charge >= 0.3 is 18.4 Å². The highest BCUT2D eigenvalue weighted by Crippen LogP contribution is 2.39. The Hall–Kier alpha value is -2.13. The van der Waals surface area contributed by atoms with Crippen molar-refractivity contribution < 1.29 is 31.1 Å². The van der Waals surface area contributed by atoms with Gasteiger partial charge in [-0.2, -0.15) is 26.3 Å². The number of hydrogen-bond acceptors (Lipinski definition) is 1. The van der Waals surface area contributed by atoms with Crippen LogP contribution in [0, 0.1) is 0 Å². The molecule has 0 fully saturated rings. The first kappa shape index (κ1) is 20.2. The summed E-state index contributed by atoms with van der Waals surface area (Å²) in [6.07, 6.45) is -9.48. The molecule has 140 valence electrons.